The van der Waals surface area contributed by atoms with Crippen molar-refractivity contribution in [3.63, 3.8) is 0 Å². The summed E-state index contributed by atoms with van der Waals surface area (Å²) in [4.78, 5) is 6.99. The van der Waals surface area contributed by atoms with Gasteiger partial charge in [-0.15, -0.1) is 0 Å². The third kappa shape index (κ3) is 3.82. The zero-order chi connectivity index (χ0) is 15.5. The maximum absolute atomic E-state index is 12.7. The van der Waals surface area contributed by atoms with Crippen LogP contribution in [0, 0.1) is 0 Å². The number of hydrogen-bond acceptors (Lipinski definition) is 5. The molecule has 0 unspecified atom stereocenters. The number of halogens is 3. The number of nitrogens with two attached hydrogens (primary N) is 1. The van der Waals surface area contributed by atoms with E-state index in [1.54, 1.807) is 18.2 Å². The molecule has 1 heterocycles. The van der Waals surface area contributed by atoms with Crippen molar-refractivity contribution >= 4 is 5.95 Å². The second kappa shape index (κ2) is 5.96. The third-order valence-electron chi connectivity index (χ3n) is 2.65. The van der Waals surface area contributed by atoms with Gasteiger partial charge in [-0.05, 0) is 24.1 Å². The van der Waals surface area contributed by atoms with Crippen LogP contribution in [-0.2, 0) is 12.6 Å². The average molecular weight is 298 g/mol. The molecule has 0 saturated carbocycles. The fraction of sp³-hybridized carbons (Fsp3) is 0.231. The molecule has 2 aromatic rings. The van der Waals surface area contributed by atoms with Gasteiger partial charge in [-0.25, -0.2) is 10.8 Å². The number of hydrazine groups is 1. The highest BCUT2D eigenvalue weighted by Crippen LogP contribution is 2.31. The van der Waals surface area contributed by atoms with Crippen LogP contribution in [0.4, 0.5) is 19.1 Å². The van der Waals surface area contributed by atoms with Crippen LogP contribution >= 0.6 is 0 Å². The van der Waals surface area contributed by atoms with Crippen LogP contribution in [0.1, 0.15) is 18.2 Å². The number of ether oxygens (including phenoxy) is 1. The minimum absolute atomic E-state index is 0.237. The molecule has 21 heavy (non-hydrogen) atoms. The van der Waals surface area contributed by atoms with Gasteiger partial charge in [0.25, 0.3) is 0 Å². The van der Waals surface area contributed by atoms with E-state index in [-0.39, 0.29) is 11.8 Å². The molecule has 1 aromatic heterocycles. The lowest BCUT2D eigenvalue weighted by molar-refractivity contribution is -0.141. The van der Waals surface area contributed by atoms with E-state index in [1.165, 1.54) is 0 Å². The number of nitrogens with zero attached hydrogens (tertiary/aromatic N) is 2. The molecule has 5 nitrogen and oxygen atoms in total. The fourth-order valence-corrected chi connectivity index (χ4v) is 1.64. The van der Waals surface area contributed by atoms with Gasteiger partial charge in [0.05, 0.1) is 0 Å². The number of aryl methyl sites for hydroxylation is 1. The van der Waals surface area contributed by atoms with E-state index in [0.717, 1.165) is 18.1 Å². The first-order valence-corrected chi connectivity index (χ1v) is 6.12. The van der Waals surface area contributed by atoms with Crippen molar-refractivity contribution in [1.82, 2.24) is 9.97 Å². The first kappa shape index (κ1) is 15.0. The van der Waals surface area contributed by atoms with Gasteiger partial charge in [0.2, 0.25) is 11.8 Å². The number of rotatable bonds is 4. The van der Waals surface area contributed by atoms with Gasteiger partial charge in [0.1, 0.15) is 5.75 Å². The minimum atomic E-state index is -4.61. The number of anilines is 1. The fourth-order valence-electron chi connectivity index (χ4n) is 1.64. The number of nitrogen functional groups attached to an aromatic ring is 1. The molecule has 0 amide bonds. The Morgan fingerprint density at radius 1 is 1.24 bits per heavy atom. The van der Waals surface area contributed by atoms with Crippen LogP contribution in [0.2, 0.25) is 0 Å². The molecule has 3 N–H and O–H groups in total. The lowest BCUT2D eigenvalue weighted by Crippen LogP contribution is -2.15. The summed E-state index contributed by atoms with van der Waals surface area (Å²) in [7, 11) is 0. The summed E-state index contributed by atoms with van der Waals surface area (Å²) in [6.07, 6.45) is -3.83. The van der Waals surface area contributed by atoms with E-state index < -0.39 is 11.9 Å². The van der Waals surface area contributed by atoms with Gasteiger partial charge in [-0.2, -0.15) is 18.2 Å². The van der Waals surface area contributed by atoms with Crippen LogP contribution in [0.25, 0.3) is 0 Å². The Labute approximate surface area is 118 Å². The molecule has 0 bridgehead atoms. The summed E-state index contributed by atoms with van der Waals surface area (Å²) in [6.45, 7) is 1.96. The molecular formula is C13H13F3N4O. The lowest BCUT2D eigenvalue weighted by Gasteiger charge is -2.11. The number of nitrogens with one attached hydrogen (secondary N) is 1. The van der Waals surface area contributed by atoms with Crippen molar-refractivity contribution in [2.45, 2.75) is 19.5 Å². The molecule has 2 rings (SSSR count). The van der Waals surface area contributed by atoms with Gasteiger partial charge in [0.15, 0.2) is 5.69 Å². The molecule has 112 valence electrons. The molecule has 0 aliphatic heterocycles. The molecule has 0 spiro atoms. The van der Waals surface area contributed by atoms with E-state index in [1.807, 2.05) is 18.4 Å². The Morgan fingerprint density at radius 3 is 2.62 bits per heavy atom. The van der Waals surface area contributed by atoms with Crippen molar-refractivity contribution in [2.75, 3.05) is 5.43 Å². The third-order valence-corrected chi connectivity index (χ3v) is 2.65. The molecule has 0 saturated heterocycles. The Hall–Kier alpha value is -2.35. The monoisotopic (exact) mass is 298 g/mol. The van der Waals surface area contributed by atoms with E-state index in [2.05, 4.69) is 9.97 Å². The van der Waals surface area contributed by atoms with Gasteiger partial charge in [-0.1, -0.05) is 19.1 Å². The zero-order valence-electron chi connectivity index (χ0n) is 11.1. The van der Waals surface area contributed by atoms with Crippen molar-refractivity contribution in [2.24, 2.45) is 5.84 Å². The Kier molecular flexibility index (Phi) is 4.27. The molecule has 0 radical (unpaired) electrons. The Morgan fingerprint density at radius 2 is 2.00 bits per heavy atom. The second-order valence-electron chi connectivity index (χ2n) is 4.16. The molecule has 0 atom stereocenters. The predicted molar refractivity (Wildman–Crippen MR) is 70.7 cm³/mol. The number of alkyl halides is 3. The van der Waals surface area contributed by atoms with Crippen LogP contribution in [0.5, 0.6) is 11.6 Å². The number of hydrogen-bond donors (Lipinski definition) is 2. The number of aromatic nitrogens is 2. The molecule has 1 aromatic carbocycles. The molecule has 8 heteroatoms. The smallest absolute Gasteiger partial charge is 0.433 e. The predicted octanol–water partition coefficient (Wildman–Crippen LogP) is 3.14. The summed E-state index contributed by atoms with van der Waals surface area (Å²) in [5.74, 6) is 4.86. The zero-order valence-corrected chi connectivity index (χ0v) is 11.1. The van der Waals surface area contributed by atoms with Crippen LogP contribution in [-0.4, -0.2) is 9.97 Å². The van der Waals surface area contributed by atoms with Gasteiger partial charge < -0.3 is 4.74 Å². The first-order valence-electron chi connectivity index (χ1n) is 6.12. The summed E-state index contributed by atoms with van der Waals surface area (Å²) in [5, 5.41) is 0. The van der Waals surface area contributed by atoms with Crippen molar-refractivity contribution in [3.05, 3.63) is 41.6 Å². The normalized spacial score (nSPS) is 11.3. The molecule has 0 aliphatic rings. The lowest BCUT2D eigenvalue weighted by atomic mass is 10.2. The van der Waals surface area contributed by atoms with Gasteiger partial charge in [-0.3, -0.25) is 5.43 Å². The molecule has 0 aliphatic carbocycles. The highest BCUT2D eigenvalue weighted by Gasteiger charge is 2.34. The molecule has 0 fully saturated rings. The van der Waals surface area contributed by atoms with Crippen molar-refractivity contribution in [1.29, 1.82) is 0 Å². The maximum Gasteiger partial charge on any atom is 0.433 e. The average Bonchev–Trinajstić information content (AvgIpc) is 2.46. The summed E-state index contributed by atoms with van der Waals surface area (Å²) < 4.78 is 43.5. The summed E-state index contributed by atoms with van der Waals surface area (Å²) in [5.41, 5.74) is 1.85. The maximum atomic E-state index is 12.7. The van der Waals surface area contributed by atoms with Crippen LogP contribution in [0.15, 0.2) is 30.3 Å². The van der Waals surface area contributed by atoms with Crippen LogP contribution < -0.4 is 16.0 Å². The van der Waals surface area contributed by atoms with E-state index in [0.29, 0.717) is 5.75 Å². The summed E-state index contributed by atoms with van der Waals surface area (Å²) >= 11 is 0. The molecular weight excluding hydrogens is 285 g/mol. The van der Waals surface area contributed by atoms with Crippen molar-refractivity contribution < 1.29 is 17.9 Å². The van der Waals surface area contributed by atoms with E-state index >= 15 is 0 Å². The SMILES string of the molecule is CCc1cccc(Oc2cc(C(F)(F)F)nc(NN)n2)c1. The van der Waals surface area contributed by atoms with Crippen LogP contribution in [0.3, 0.4) is 0 Å². The standard InChI is InChI=1S/C13H13F3N4O/c1-2-8-4-3-5-9(6-8)21-11-7-10(13(14,15)16)18-12(19-11)20-17/h3-7H,2,17H2,1H3,(H,18,19,20). The number of benzene rings is 1. The van der Waals surface area contributed by atoms with Gasteiger partial charge in [0, 0.05) is 6.07 Å². The minimum Gasteiger partial charge on any atom is -0.439 e. The van der Waals surface area contributed by atoms with Crippen molar-refractivity contribution in [3.8, 4) is 11.6 Å². The Balaban J connectivity index is 2.34. The Bertz CT molecular complexity index is 631. The second-order valence-corrected chi connectivity index (χ2v) is 4.16. The van der Waals surface area contributed by atoms with Gasteiger partial charge >= 0.3 is 6.18 Å². The highest BCUT2D eigenvalue weighted by molar-refractivity contribution is 5.35. The highest BCUT2D eigenvalue weighted by atomic mass is 19.4. The largest absolute Gasteiger partial charge is 0.439 e. The first-order chi connectivity index (χ1) is 9.92. The summed E-state index contributed by atoms with van der Waals surface area (Å²) in [6, 6.07) is 7.72. The topological polar surface area (TPSA) is 73.1 Å². The van der Waals surface area contributed by atoms with E-state index in [9.17, 15) is 13.2 Å². The van der Waals surface area contributed by atoms with E-state index in [4.69, 9.17) is 10.6 Å². The quantitative estimate of drug-likeness (QED) is 0.670.